The number of aliphatic hydroxyl groups is 1. The van der Waals surface area contributed by atoms with E-state index in [-0.39, 0.29) is 6.10 Å². The van der Waals surface area contributed by atoms with Crippen molar-refractivity contribution in [3.63, 3.8) is 0 Å². The van der Waals surface area contributed by atoms with Crippen LogP contribution in [0.3, 0.4) is 0 Å². The zero-order chi connectivity index (χ0) is 13.5. The normalized spacial score (nSPS) is 12.3. The van der Waals surface area contributed by atoms with E-state index in [1.54, 1.807) is 0 Å². The van der Waals surface area contributed by atoms with E-state index in [0.717, 1.165) is 25.7 Å². The lowest BCUT2D eigenvalue weighted by Crippen LogP contribution is -2.09. The number of benzene rings is 2. The fourth-order valence-corrected chi connectivity index (χ4v) is 2.28. The fourth-order valence-electron chi connectivity index (χ4n) is 2.28. The summed E-state index contributed by atoms with van der Waals surface area (Å²) in [5.74, 6) is 0. The van der Waals surface area contributed by atoms with E-state index in [1.807, 2.05) is 6.07 Å². The minimum Gasteiger partial charge on any atom is -0.393 e. The summed E-state index contributed by atoms with van der Waals surface area (Å²) < 4.78 is 0. The second-order valence-electron chi connectivity index (χ2n) is 5.06. The van der Waals surface area contributed by atoms with E-state index in [4.69, 9.17) is 0 Å². The summed E-state index contributed by atoms with van der Waals surface area (Å²) in [5, 5.41) is 9.92. The van der Waals surface area contributed by atoms with Crippen LogP contribution in [0.25, 0.3) is 11.1 Å². The van der Waals surface area contributed by atoms with Gasteiger partial charge in [0.15, 0.2) is 0 Å². The Labute approximate surface area is 115 Å². The molecule has 0 aliphatic rings. The Hall–Kier alpha value is -1.60. The molecule has 2 rings (SSSR count). The summed E-state index contributed by atoms with van der Waals surface area (Å²) in [7, 11) is 0. The van der Waals surface area contributed by atoms with E-state index < -0.39 is 0 Å². The molecule has 0 heterocycles. The predicted octanol–water partition coefficient (Wildman–Crippen LogP) is 4.45. The molecule has 2 aromatic carbocycles. The summed E-state index contributed by atoms with van der Waals surface area (Å²) >= 11 is 0. The highest BCUT2D eigenvalue weighted by molar-refractivity contribution is 5.63. The van der Waals surface area contributed by atoms with Crippen LogP contribution in [0.2, 0.25) is 0 Å². The molecule has 0 radical (unpaired) electrons. The number of hydrogen-bond donors (Lipinski definition) is 1. The zero-order valence-electron chi connectivity index (χ0n) is 11.5. The molecule has 1 nitrogen and oxygen atoms in total. The summed E-state index contributed by atoms with van der Waals surface area (Å²) in [6.45, 7) is 2.15. The second-order valence-corrected chi connectivity index (χ2v) is 5.06. The molecule has 1 N–H and O–H groups in total. The number of unbranched alkanes of at least 4 members (excludes halogenated alkanes) is 1. The minimum atomic E-state index is -0.206. The van der Waals surface area contributed by atoms with Crippen molar-refractivity contribution in [1.82, 2.24) is 0 Å². The van der Waals surface area contributed by atoms with Crippen molar-refractivity contribution in [2.45, 2.75) is 38.7 Å². The van der Waals surface area contributed by atoms with E-state index >= 15 is 0 Å². The Morgan fingerprint density at radius 2 is 1.53 bits per heavy atom. The van der Waals surface area contributed by atoms with Crippen LogP contribution in [0.15, 0.2) is 54.6 Å². The Balaban J connectivity index is 1.99. The molecule has 100 valence electrons. The number of aliphatic hydroxyl groups excluding tert-OH is 1. The SMILES string of the molecule is CCCCC(O)Cc1ccc(-c2ccccc2)cc1. The van der Waals surface area contributed by atoms with Crippen LogP contribution in [0.1, 0.15) is 31.7 Å². The van der Waals surface area contributed by atoms with Gasteiger partial charge in [0.1, 0.15) is 0 Å². The van der Waals surface area contributed by atoms with E-state index in [1.165, 1.54) is 16.7 Å². The maximum absolute atomic E-state index is 9.92. The highest BCUT2D eigenvalue weighted by Crippen LogP contribution is 2.20. The predicted molar refractivity (Wildman–Crippen MR) is 81.1 cm³/mol. The maximum atomic E-state index is 9.92. The van der Waals surface area contributed by atoms with Gasteiger partial charge >= 0.3 is 0 Å². The van der Waals surface area contributed by atoms with Crippen LogP contribution in [0.5, 0.6) is 0 Å². The zero-order valence-corrected chi connectivity index (χ0v) is 11.5. The Morgan fingerprint density at radius 1 is 0.895 bits per heavy atom. The molecule has 19 heavy (non-hydrogen) atoms. The number of hydrogen-bond acceptors (Lipinski definition) is 1. The van der Waals surface area contributed by atoms with Gasteiger partial charge in [0.25, 0.3) is 0 Å². The molecule has 0 spiro atoms. The molecule has 0 fully saturated rings. The molecular weight excluding hydrogens is 232 g/mol. The van der Waals surface area contributed by atoms with Crippen LogP contribution < -0.4 is 0 Å². The quantitative estimate of drug-likeness (QED) is 0.807. The minimum absolute atomic E-state index is 0.206. The van der Waals surface area contributed by atoms with Gasteiger partial charge in [-0.2, -0.15) is 0 Å². The van der Waals surface area contributed by atoms with Crippen molar-refractivity contribution in [2.75, 3.05) is 0 Å². The van der Waals surface area contributed by atoms with Crippen LogP contribution in [-0.2, 0) is 6.42 Å². The van der Waals surface area contributed by atoms with E-state index in [0.29, 0.717) is 0 Å². The molecule has 0 aromatic heterocycles. The van der Waals surface area contributed by atoms with Gasteiger partial charge in [0.2, 0.25) is 0 Å². The lowest BCUT2D eigenvalue weighted by molar-refractivity contribution is 0.162. The molecule has 0 amide bonds. The number of rotatable bonds is 6. The van der Waals surface area contributed by atoms with Gasteiger partial charge < -0.3 is 5.11 Å². The highest BCUT2D eigenvalue weighted by Gasteiger charge is 2.05. The molecule has 0 aliphatic carbocycles. The molecule has 0 saturated carbocycles. The highest BCUT2D eigenvalue weighted by atomic mass is 16.3. The summed E-state index contributed by atoms with van der Waals surface area (Å²) in [5.41, 5.74) is 3.68. The summed E-state index contributed by atoms with van der Waals surface area (Å²) in [6, 6.07) is 18.9. The van der Waals surface area contributed by atoms with Gasteiger partial charge in [-0.25, -0.2) is 0 Å². The van der Waals surface area contributed by atoms with Crippen molar-refractivity contribution in [3.05, 3.63) is 60.2 Å². The van der Waals surface area contributed by atoms with E-state index in [2.05, 4.69) is 55.5 Å². The molecule has 1 unspecified atom stereocenters. The fraction of sp³-hybridized carbons (Fsp3) is 0.333. The molecule has 0 saturated heterocycles. The lowest BCUT2D eigenvalue weighted by atomic mass is 10.00. The van der Waals surface area contributed by atoms with Crippen LogP contribution in [0, 0.1) is 0 Å². The lowest BCUT2D eigenvalue weighted by Gasteiger charge is -2.10. The van der Waals surface area contributed by atoms with Crippen molar-refractivity contribution in [1.29, 1.82) is 0 Å². The van der Waals surface area contributed by atoms with Crippen molar-refractivity contribution in [3.8, 4) is 11.1 Å². The van der Waals surface area contributed by atoms with Crippen LogP contribution in [0.4, 0.5) is 0 Å². The Kier molecular flexibility index (Phi) is 5.17. The molecule has 2 aromatic rings. The molecular formula is C18H22O. The summed E-state index contributed by atoms with van der Waals surface area (Å²) in [6.07, 6.45) is 3.70. The smallest absolute Gasteiger partial charge is 0.0580 e. The van der Waals surface area contributed by atoms with Crippen molar-refractivity contribution < 1.29 is 5.11 Å². The van der Waals surface area contributed by atoms with Gasteiger partial charge in [-0.15, -0.1) is 0 Å². The topological polar surface area (TPSA) is 20.2 Å². The Bertz CT molecular complexity index is 473. The largest absolute Gasteiger partial charge is 0.393 e. The molecule has 0 bridgehead atoms. The third-order valence-electron chi connectivity index (χ3n) is 3.42. The molecule has 0 aliphatic heterocycles. The first kappa shape index (κ1) is 13.8. The van der Waals surface area contributed by atoms with Gasteiger partial charge in [0.05, 0.1) is 6.10 Å². The first-order valence-electron chi connectivity index (χ1n) is 7.12. The Morgan fingerprint density at radius 3 is 2.16 bits per heavy atom. The third kappa shape index (κ3) is 4.22. The van der Waals surface area contributed by atoms with Crippen LogP contribution in [-0.4, -0.2) is 11.2 Å². The second kappa shape index (κ2) is 7.10. The van der Waals surface area contributed by atoms with Gasteiger partial charge in [-0.05, 0) is 29.5 Å². The average molecular weight is 254 g/mol. The maximum Gasteiger partial charge on any atom is 0.0580 e. The summed E-state index contributed by atoms with van der Waals surface area (Å²) in [4.78, 5) is 0. The molecule has 1 heteroatoms. The average Bonchev–Trinajstić information content (AvgIpc) is 2.47. The monoisotopic (exact) mass is 254 g/mol. The van der Waals surface area contributed by atoms with Gasteiger partial charge in [0, 0.05) is 0 Å². The third-order valence-corrected chi connectivity index (χ3v) is 3.42. The first-order chi connectivity index (χ1) is 9.29. The first-order valence-corrected chi connectivity index (χ1v) is 7.12. The van der Waals surface area contributed by atoms with Crippen molar-refractivity contribution in [2.24, 2.45) is 0 Å². The van der Waals surface area contributed by atoms with Gasteiger partial charge in [-0.3, -0.25) is 0 Å². The van der Waals surface area contributed by atoms with E-state index in [9.17, 15) is 5.11 Å². The van der Waals surface area contributed by atoms with Gasteiger partial charge in [-0.1, -0.05) is 74.4 Å². The standard InChI is InChI=1S/C18H22O/c1-2-3-9-18(19)14-15-10-12-17(13-11-15)16-7-5-4-6-8-16/h4-8,10-13,18-19H,2-3,9,14H2,1H3. The van der Waals surface area contributed by atoms with Crippen molar-refractivity contribution >= 4 is 0 Å². The molecule has 1 atom stereocenters. The van der Waals surface area contributed by atoms with Crippen LogP contribution >= 0.6 is 0 Å².